The maximum Gasteiger partial charge on any atom is 0.174 e. The molecule has 3 rings (SSSR count). The Balaban J connectivity index is 2.11. The number of methoxy groups -OCH3 is 3. The number of phenolic OH excluding ortho intramolecular Hbond substituents is 1. The van der Waals surface area contributed by atoms with Gasteiger partial charge in [0.25, 0.3) is 0 Å². The fourth-order valence-electron chi connectivity index (χ4n) is 3.44. The van der Waals surface area contributed by atoms with E-state index in [1.54, 1.807) is 31.4 Å². The lowest BCUT2D eigenvalue weighted by Crippen LogP contribution is -2.22. The lowest BCUT2D eigenvalue weighted by molar-refractivity contribution is 0.0841. The van der Waals surface area contributed by atoms with Gasteiger partial charge in [0.1, 0.15) is 28.9 Å². The third-order valence-corrected chi connectivity index (χ3v) is 4.95. The van der Waals surface area contributed by atoms with Crippen LogP contribution in [0, 0.1) is 0 Å². The van der Waals surface area contributed by atoms with Crippen LogP contribution in [0.5, 0.6) is 28.7 Å². The first-order chi connectivity index (χ1) is 13.9. The van der Waals surface area contributed by atoms with Crippen LogP contribution in [0.15, 0.2) is 35.9 Å². The fourth-order valence-corrected chi connectivity index (χ4v) is 3.44. The predicted octanol–water partition coefficient (Wildman–Crippen LogP) is 4.63. The quantitative estimate of drug-likeness (QED) is 0.715. The first-order valence-electron chi connectivity index (χ1n) is 9.37. The molecule has 1 aliphatic rings. The van der Waals surface area contributed by atoms with Crippen LogP contribution < -0.4 is 18.9 Å². The van der Waals surface area contributed by atoms with Gasteiger partial charge in [-0.1, -0.05) is 17.7 Å². The highest BCUT2D eigenvalue weighted by Crippen LogP contribution is 2.46. The molecule has 0 amide bonds. The van der Waals surface area contributed by atoms with Gasteiger partial charge in [0.2, 0.25) is 0 Å². The number of hydrogen-bond donors (Lipinski definition) is 1. The molecule has 29 heavy (non-hydrogen) atoms. The molecule has 0 radical (unpaired) electrons. The minimum absolute atomic E-state index is 0.000154. The number of Topliss-reactive ketones (excluding diaryl/α,β-unsaturated/α-hetero) is 1. The third kappa shape index (κ3) is 4.01. The number of allylic oxidation sites excluding steroid dienone is 2. The Hall–Kier alpha value is -3.15. The number of phenols is 1. The molecule has 154 valence electrons. The Morgan fingerprint density at radius 1 is 1.10 bits per heavy atom. The average molecular weight is 398 g/mol. The smallest absolute Gasteiger partial charge is 0.174 e. The number of fused-ring (bicyclic) bond motifs is 1. The molecular weight excluding hydrogens is 372 g/mol. The van der Waals surface area contributed by atoms with Gasteiger partial charge in [0.05, 0.1) is 27.8 Å². The molecule has 0 saturated carbocycles. The van der Waals surface area contributed by atoms with Gasteiger partial charge in [0.15, 0.2) is 17.3 Å². The maximum atomic E-state index is 13.0. The molecule has 6 nitrogen and oxygen atoms in total. The third-order valence-electron chi connectivity index (χ3n) is 4.95. The summed E-state index contributed by atoms with van der Waals surface area (Å²) in [6.45, 7) is 4.02. The molecule has 0 fully saturated rings. The maximum absolute atomic E-state index is 13.0. The van der Waals surface area contributed by atoms with Gasteiger partial charge in [-0.3, -0.25) is 4.79 Å². The van der Waals surface area contributed by atoms with Crippen LogP contribution in [0.25, 0.3) is 0 Å². The lowest BCUT2D eigenvalue weighted by atomic mass is 9.92. The molecule has 2 aromatic carbocycles. The number of hydrogen-bond acceptors (Lipinski definition) is 6. The van der Waals surface area contributed by atoms with E-state index in [1.165, 1.54) is 14.2 Å². The average Bonchev–Trinajstić information content (AvgIpc) is 2.71. The van der Waals surface area contributed by atoms with Crippen molar-refractivity contribution < 1.29 is 28.8 Å². The number of carbonyl (C=O) groups excluding carboxylic acids is 1. The van der Waals surface area contributed by atoms with Crippen molar-refractivity contribution >= 4 is 5.78 Å². The number of benzene rings is 2. The Kier molecular flexibility index (Phi) is 6.01. The summed E-state index contributed by atoms with van der Waals surface area (Å²) in [7, 11) is 4.59. The number of aromatic hydroxyl groups is 1. The van der Waals surface area contributed by atoms with Crippen molar-refractivity contribution in [3.63, 3.8) is 0 Å². The van der Waals surface area contributed by atoms with Crippen molar-refractivity contribution in [3.8, 4) is 28.7 Å². The Morgan fingerprint density at radius 2 is 1.79 bits per heavy atom. The van der Waals surface area contributed by atoms with E-state index in [0.29, 0.717) is 40.5 Å². The summed E-state index contributed by atoms with van der Waals surface area (Å²) < 4.78 is 22.4. The molecule has 1 aliphatic heterocycles. The molecule has 1 N–H and O–H groups in total. The van der Waals surface area contributed by atoms with E-state index in [1.807, 2.05) is 13.8 Å². The molecule has 2 aromatic rings. The highest BCUT2D eigenvalue weighted by Gasteiger charge is 2.34. The number of ketones is 1. The topological polar surface area (TPSA) is 74.2 Å². The van der Waals surface area contributed by atoms with E-state index in [4.69, 9.17) is 18.9 Å². The molecule has 0 saturated heterocycles. The molecule has 1 heterocycles. The summed E-state index contributed by atoms with van der Waals surface area (Å²) >= 11 is 0. The zero-order valence-corrected chi connectivity index (χ0v) is 17.4. The van der Waals surface area contributed by atoms with Crippen LogP contribution in [0.4, 0.5) is 0 Å². The predicted molar refractivity (Wildman–Crippen MR) is 110 cm³/mol. The number of carbonyl (C=O) groups is 1. The Morgan fingerprint density at radius 3 is 2.38 bits per heavy atom. The highest BCUT2D eigenvalue weighted by molar-refractivity contribution is 6.03. The lowest BCUT2D eigenvalue weighted by Gasteiger charge is -2.29. The normalized spacial score (nSPS) is 15.2. The molecule has 0 spiro atoms. The second-order valence-electron chi connectivity index (χ2n) is 7.11. The standard InChI is InChI=1S/C23H26O6/c1-13(2)6-8-15-20(27-4)12-21(28-5)22-17(25)11-19(29-23(15)22)14-7-9-18(26-3)16(24)10-14/h6-7,9-10,12,19,24H,8,11H2,1-5H3. The number of rotatable bonds is 6. The van der Waals surface area contributed by atoms with Crippen LogP contribution >= 0.6 is 0 Å². The van der Waals surface area contributed by atoms with E-state index in [-0.39, 0.29) is 18.0 Å². The molecule has 1 unspecified atom stereocenters. The van der Waals surface area contributed by atoms with Gasteiger partial charge >= 0.3 is 0 Å². The molecular formula is C23H26O6. The second-order valence-corrected chi connectivity index (χ2v) is 7.11. The Bertz CT molecular complexity index is 956. The zero-order chi connectivity index (χ0) is 21.1. The van der Waals surface area contributed by atoms with Crippen LogP contribution in [0.1, 0.15) is 47.9 Å². The first kappa shape index (κ1) is 20.6. The molecule has 0 aliphatic carbocycles. The van der Waals surface area contributed by atoms with Crippen LogP contribution in [-0.4, -0.2) is 32.2 Å². The summed E-state index contributed by atoms with van der Waals surface area (Å²) in [5.41, 5.74) is 3.06. The van der Waals surface area contributed by atoms with E-state index in [0.717, 1.165) is 11.1 Å². The number of ether oxygens (including phenoxy) is 4. The van der Waals surface area contributed by atoms with Crippen LogP contribution in [0.2, 0.25) is 0 Å². The second kappa shape index (κ2) is 8.47. The summed E-state index contributed by atoms with van der Waals surface area (Å²) in [4.78, 5) is 13.0. The van der Waals surface area contributed by atoms with E-state index < -0.39 is 6.10 Å². The zero-order valence-electron chi connectivity index (χ0n) is 17.4. The minimum Gasteiger partial charge on any atom is -0.504 e. The van der Waals surface area contributed by atoms with Crippen molar-refractivity contribution in [2.24, 2.45) is 0 Å². The minimum atomic E-state index is -0.533. The first-order valence-corrected chi connectivity index (χ1v) is 9.37. The summed E-state index contributed by atoms with van der Waals surface area (Å²) in [6, 6.07) is 6.74. The van der Waals surface area contributed by atoms with Gasteiger partial charge in [-0.25, -0.2) is 0 Å². The van der Waals surface area contributed by atoms with E-state index in [2.05, 4.69) is 6.08 Å². The molecule has 0 aromatic heterocycles. The molecule has 1 atom stereocenters. The summed E-state index contributed by atoms with van der Waals surface area (Å²) in [6.07, 6.45) is 2.23. The van der Waals surface area contributed by atoms with Crippen molar-refractivity contribution in [1.29, 1.82) is 0 Å². The van der Waals surface area contributed by atoms with Gasteiger partial charge in [-0.15, -0.1) is 0 Å². The van der Waals surface area contributed by atoms with Gasteiger partial charge in [0, 0.05) is 11.6 Å². The van der Waals surface area contributed by atoms with Crippen molar-refractivity contribution in [2.75, 3.05) is 21.3 Å². The van der Waals surface area contributed by atoms with E-state index in [9.17, 15) is 9.90 Å². The van der Waals surface area contributed by atoms with Crippen LogP contribution in [-0.2, 0) is 6.42 Å². The summed E-state index contributed by atoms with van der Waals surface area (Å²) in [5.74, 6) is 1.78. The molecule has 6 heteroatoms. The van der Waals surface area contributed by atoms with Gasteiger partial charge in [-0.05, 0) is 38.0 Å². The van der Waals surface area contributed by atoms with Crippen molar-refractivity contribution in [3.05, 3.63) is 52.6 Å². The van der Waals surface area contributed by atoms with Crippen molar-refractivity contribution in [2.45, 2.75) is 32.8 Å². The monoisotopic (exact) mass is 398 g/mol. The van der Waals surface area contributed by atoms with Gasteiger partial charge in [-0.2, -0.15) is 0 Å². The fraction of sp³-hybridized carbons (Fsp3) is 0.348. The van der Waals surface area contributed by atoms with Crippen molar-refractivity contribution in [1.82, 2.24) is 0 Å². The summed E-state index contributed by atoms with van der Waals surface area (Å²) in [5, 5.41) is 10.1. The Labute approximate surface area is 170 Å². The molecule has 0 bridgehead atoms. The highest BCUT2D eigenvalue weighted by atomic mass is 16.5. The largest absolute Gasteiger partial charge is 0.504 e. The van der Waals surface area contributed by atoms with Crippen LogP contribution in [0.3, 0.4) is 0 Å². The van der Waals surface area contributed by atoms with E-state index >= 15 is 0 Å². The SMILES string of the molecule is COc1ccc(C2CC(=O)c3c(OC)cc(OC)c(CC=C(C)C)c3O2)cc1O. The van der Waals surface area contributed by atoms with Gasteiger partial charge < -0.3 is 24.1 Å².